The number of hydrogen-bond acceptors (Lipinski definition) is 5. The molecule has 3 aliphatic carbocycles. The Kier molecular flexibility index (Phi) is 4.53. The van der Waals surface area contributed by atoms with E-state index in [-0.39, 0.29) is 18.0 Å². The van der Waals surface area contributed by atoms with Gasteiger partial charge in [0.05, 0.1) is 18.8 Å². The maximum atomic E-state index is 11.7. The molecule has 28 heavy (non-hydrogen) atoms. The van der Waals surface area contributed by atoms with E-state index in [9.17, 15) is 4.79 Å². The van der Waals surface area contributed by atoms with E-state index in [1.807, 2.05) is 0 Å². The van der Waals surface area contributed by atoms with Gasteiger partial charge in [-0.3, -0.25) is 4.79 Å². The summed E-state index contributed by atoms with van der Waals surface area (Å²) in [6.45, 7) is 4.02. The number of ether oxygens (including phenoxy) is 4. The molecule has 5 nitrogen and oxygen atoms in total. The third-order valence-electron chi connectivity index (χ3n) is 8.11. The summed E-state index contributed by atoms with van der Waals surface area (Å²) in [5.41, 5.74) is 3.44. The first kappa shape index (κ1) is 18.6. The highest BCUT2D eigenvalue weighted by Crippen LogP contribution is 2.66. The van der Waals surface area contributed by atoms with Crippen LogP contribution in [0.3, 0.4) is 0 Å². The van der Waals surface area contributed by atoms with Gasteiger partial charge >= 0.3 is 0 Å². The van der Waals surface area contributed by atoms with Crippen molar-refractivity contribution < 1.29 is 23.7 Å². The van der Waals surface area contributed by atoms with Gasteiger partial charge in [-0.25, -0.2) is 0 Å². The Bertz CT molecular complexity index is 769. The van der Waals surface area contributed by atoms with E-state index in [4.69, 9.17) is 18.9 Å². The lowest BCUT2D eigenvalue weighted by molar-refractivity contribution is -0.237. The van der Waals surface area contributed by atoms with Gasteiger partial charge in [-0.15, -0.1) is 0 Å². The van der Waals surface area contributed by atoms with Crippen molar-refractivity contribution in [3.8, 4) is 5.75 Å². The highest BCUT2D eigenvalue weighted by molar-refractivity contribution is 5.80. The molecule has 1 aromatic rings. The molecule has 1 saturated heterocycles. The van der Waals surface area contributed by atoms with Crippen LogP contribution in [0.25, 0.3) is 0 Å². The van der Waals surface area contributed by atoms with E-state index < -0.39 is 0 Å². The summed E-state index contributed by atoms with van der Waals surface area (Å²) in [4.78, 5) is 11.7. The van der Waals surface area contributed by atoms with Gasteiger partial charge in [-0.2, -0.15) is 0 Å². The Hall–Kier alpha value is -1.43. The average molecular weight is 386 g/mol. The number of fused-ring (bicyclic) bond motifs is 6. The summed E-state index contributed by atoms with van der Waals surface area (Å²) in [6.07, 6.45) is 7.60. The van der Waals surface area contributed by atoms with Gasteiger partial charge in [-0.05, 0) is 73.1 Å². The van der Waals surface area contributed by atoms with Crippen molar-refractivity contribution in [1.29, 1.82) is 0 Å². The Labute approximate surface area is 166 Å². The molecule has 0 unspecified atom stereocenters. The summed E-state index contributed by atoms with van der Waals surface area (Å²) < 4.78 is 23.1. The van der Waals surface area contributed by atoms with Crippen molar-refractivity contribution in [2.24, 2.45) is 17.3 Å². The summed E-state index contributed by atoms with van der Waals surface area (Å²) >= 11 is 0. The van der Waals surface area contributed by atoms with Gasteiger partial charge < -0.3 is 18.9 Å². The smallest absolute Gasteiger partial charge is 0.188 e. The van der Waals surface area contributed by atoms with Gasteiger partial charge in [0.25, 0.3) is 0 Å². The summed E-state index contributed by atoms with van der Waals surface area (Å²) in [7, 11) is 1.59. The molecule has 3 fully saturated rings. The number of carbonyl (C=O) groups excluding carboxylic acids is 1. The monoisotopic (exact) mass is 386 g/mol. The van der Waals surface area contributed by atoms with Gasteiger partial charge in [0.1, 0.15) is 5.75 Å². The molecule has 4 aliphatic rings. The molecule has 1 aliphatic heterocycles. The molecule has 0 N–H and O–H groups in total. The zero-order chi connectivity index (χ0) is 19.4. The summed E-state index contributed by atoms with van der Waals surface area (Å²) in [5.74, 6) is 2.08. The molecule has 5 heteroatoms. The SMILES string of the molecule is COCOc1cc2c(cc1C=O)[C@H]1CC[C@@]3(C)[C@@H](CCC34OCCO4)[C@@H]1CC2. The Balaban J connectivity index is 1.47. The number of methoxy groups -OCH3 is 1. The van der Waals surface area contributed by atoms with Crippen LogP contribution in [-0.4, -0.2) is 39.2 Å². The van der Waals surface area contributed by atoms with Crippen molar-refractivity contribution in [2.75, 3.05) is 27.1 Å². The van der Waals surface area contributed by atoms with Gasteiger partial charge in [0, 0.05) is 18.9 Å². The highest BCUT2D eigenvalue weighted by atomic mass is 16.7. The molecule has 0 aromatic heterocycles. The lowest BCUT2D eigenvalue weighted by atomic mass is 9.54. The fourth-order valence-corrected chi connectivity index (χ4v) is 6.84. The van der Waals surface area contributed by atoms with Gasteiger partial charge in [-0.1, -0.05) is 6.92 Å². The van der Waals surface area contributed by atoms with E-state index in [0.29, 0.717) is 29.1 Å². The zero-order valence-electron chi connectivity index (χ0n) is 16.9. The van der Waals surface area contributed by atoms with Crippen LogP contribution in [0, 0.1) is 17.3 Å². The average Bonchev–Trinajstić information content (AvgIpc) is 3.31. The molecule has 152 valence electrons. The van der Waals surface area contributed by atoms with Crippen molar-refractivity contribution in [2.45, 2.75) is 57.2 Å². The van der Waals surface area contributed by atoms with Crippen molar-refractivity contribution in [1.82, 2.24) is 0 Å². The predicted molar refractivity (Wildman–Crippen MR) is 104 cm³/mol. The lowest BCUT2D eigenvalue weighted by Gasteiger charge is -2.52. The van der Waals surface area contributed by atoms with Gasteiger partial charge in [0.15, 0.2) is 18.9 Å². The van der Waals surface area contributed by atoms with Crippen LogP contribution < -0.4 is 4.74 Å². The van der Waals surface area contributed by atoms with Gasteiger partial charge in [0.2, 0.25) is 0 Å². The summed E-state index contributed by atoms with van der Waals surface area (Å²) in [6, 6.07) is 4.15. The molecule has 4 atom stereocenters. The molecule has 5 rings (SSSR count). The van der Waals surface area contributed by atoms with E-state index in [0.717, 1.165) is 45.2 Å². The van der Waals surface area contributed by atoms with Crippen LogP contribution in [-0.2, 0) is 20.6 Å². The second kappa shape index (κ2) is 6.82. The highest BCUT2D eigenvalue weighted by Gasteiger charge is 2.65. The lowest BCUT2D eigenvalue weighted by Crippen LogP contribution is -2.51. The maximum absolute atomic E-state index is 11.7. The van der Waals surface area contributed by atoms with Crippen molar-refractivity contribution in [3.05, 3.63) is 28.8 Å². The standard InChI is InChI=1S/C23H30O5/c1-22-7-5-17-18(20(22)6-8-23(22)27-9-10-28-23)4-3-15-12-21(26-14-25-2)16(13-24)11-19(15)17/h11-13,17-18,20H,3-10,14H2,1-2H3/t17-,18+,20-,22-/m0/s1. The van der Waals surface area contributed by atoms with Crippen LogP contribution in [0.15, 0.2) is 12.1 Å². The molecule has 0 bridgehead atoms. The first-order valence-electron chi connectivity index (χ1n) is 10.6. The third-order valence-corrected chi connectivity index (χ3v) is 8.11. The topological polar surface area (TPSA) is 54.0 Å². The quantitative estimate of drug-likeness (QED) is 0.576. The normalized spacial score (nSPS) is 35.3. The minimum atomic E-state index is -0.352. The fraction of sp³-hybridized carbons (Fsp3) is 0.696. The van der Waals surface area contributed by atoms with Crippen LogP contribution in [0.4, 0.5) is 0 Å². The maximum Gasteiger partial charge on any atom is 0.188 e. The van der Waals surface area contributed by atoms with Crippen LogP contribution in [0.5, 0.6) is 5.75 Å². The largest absolute Gasteiger partial charge is 0.467 e. The predicted octanol–water partition coefficient (Wildman–Crippen LogP) is 4.08. The van der Waals surface area contributed by atoms with E-state index in [1.165, 1.54) is 24.0 Å². The molecule has 1 heterocycles. The number of hydrogen-bond donors (Lipinski definition) is 0. The van der Waals surface area contributed by atoms with E-state index >= 15 is 0 Å². The number of aldehydes is 1. The second-order valence-corrected chi connectivity index (χ2v) is 9.12. The van der Waals surface area contributed by atoms with Crippen molar-refractivity contribution >= 4 is 6.29 Å². The number of aryl methyl sites for hydroxylation is 1. The first-order chi connectivity index (χ1) is 13.6. The Morgan fingerprint density at radius 3 is 2.75 bits per heavy atom. The Morgan fingerprint density at radius 2 is 2.00 bits per heavy atom. The second-order valence-electron chi connectivity index (χ2n) is 9.12. The minimum Gasteiger partial charge on any atom is -0.467 e. The fourth-order valence-electron chi connectivity index (χ4n) is 6.84. The molecule has 1 spiro atoms. The van der Waals surface area contributed by atoms with Crippen molar-refractivity contribution in [3.63, 3.8) is 0 Å². The van der Waals surface area contributed by atoms with Crippen LogP contribution in [0.2, 0.25) is 0 Å². The number of rotatable bonds is 4. The van der Waals surface area contributed by atoms with E-state index in [2.05, 4.69) is 19.1 Å². The molecular weight excluding hydrogens is 356 g/mol. The Morgan fingerprint density at radius 1 is 1.18 bits per heavy atom. The molecule has 1 aromatic carbocycles. The number of benzene rings is 1. The molecular formula is C23H30O5. The molecule has 0 amide bonds. The molecule has 2 saturated carbocycles. The van der Waals surface area contributed by atoms with Crippen LogP contribution in [0.1, 0.15) is 66.4 Å². The summed E-state index contributed by atoms with van der Waals surface area (Å²) in [5, 5.41) is 0. The minimum absolute atomic E-state index is 0.108. The zero-order valence-corrected chi connectivity index (χ0v) is 16.9. The van der Waals surface area contributed by atoms with E-state index in [1.54, 1.807) is 7.11 Å². The number of carbonyl (C=O) groups is 1. The third kappa shape index (κ3) is 2.52. The van der Waals surface area contributed by atoms with Crippen LogP contribution >= 0.6 is 0 Å². The molecule has 0 radical (unpaired) electrons. The first-order valence-corrected chi connectivity index (χ1v) is 10.6.